The van der Waals surface area contributed by atoms with Gasteiger partial charge in [-0.3, -0.25) is 0 Å². The van der Waals surface area contributed by atoms with Crippen LogP contribution >= 0.6 is 0 Å². The highest BCUT2D eigenvalue weighted by molar-refractivity contribution is 5.88. The van der Waals surface area contributed by atoms with E-state index in [1.54, 1.807) is 6.92 Å². The number of methoxy groups -OCH3 is 1. The van der Waals surface area contributed by atoms with E-state index in [1.807, 2.05) is 0 Å². The van der Waals surface area contributed by atoms with Crippen LogP contribution < -0.4 is 5.73 Å². The standard InChI is InChI=1S/C11H21NO2/c1-4-5-6-7-8-10(9(2)12)11(13)14-3/h4-8,12H2,1-3H3. The first-order valence-electron chi connectivity index (χ1n) is 5.17. The number of unbranched alkanes of at least 4 members (excludes halogenated alkanes) is 3. The number of hydrogen-bond acceptors (Lipinski definition) is 3. The van der Waals surface area contributed by atoms with Crippen molar-refractivity contribution in [3.05, 3.63) is 11.3 Å². The summed E-state index contributed by atoms with van der Waals surface area (Å²) >= 11 is 0. The van der Waals surface area contributed by atoms with Crippen molar-refractivity contribution in [2.75, 3.05) is 7.11 Å². The third-order valence-electron chi connectivity index (χ3n) is 2.19. The first kappa shape index (κ1) is 13.0. The molecular formula is C11H21NO2. The highest BCUT2D eigenvalue weighted by atomic mass is 16.5. The van der Waals surface area contributed by atoms with Gasteiger partial charge in [0.15, 0.2) is 0 Å². The summed E-state index contributed by atoms with van der Waals surface area (Å²) in [6.45, 7) is 3.90. The van der Waals surface area contributed by atoms with Crippen LogP contribution in [0.1, 0.15) is 46.0 Å². The lowest BCUT2D eigenvalue weighted by Gasteiger charge is -2.06. The number of esters is 1. The average molecular weight is 199 g/mol. The molecule has 0 aliphatic heterocycles. The molecule has 0 saturated carbocycles. The van der Waals surface area contributed by atoms with Gasteiger partial charge in [0.2, 0.25) is 0 Å². The fourth-order valence-electron chi connectivity index (χ4n) is 1.31. The molecule has 82 valence electrons. The van der Waals surface area contributed by atoms with E-state index in [2.05, 4.69) is 11.7 Å². The second kappa shape index (κ2) is 7.42. The minimum atomic E-state index is -0.290. The van der Waals surface area contributed by atoms with Gasteiger partial charge in [-0.15, -0.1) is 0 Å². The Bertz CT molecular complexity index is 205. The predicted molar refractivity (Wildman–Crippen MR) is 57.7 cm³/mol. The number of carbonyl (C=O) groups is 1. The minimum Gasteiger partial charge on any atom is -0.466 e. The molecule has 14 heavy (non-hydrogen) atoms. The summed E-state index contributed by atoms with van der Waals surface area (Å²) in [6, 6.07) is 0. The zero-order valence-corrected chi connectivity index (χ0v) is 9.43. The molecule has 2 N–H and O–H groups in total. The van der Waals surface area contributed by atoms with Crippen molar-refractivity contribution in [2.24, 2.45) is 5.73 Å². The van der Waals surface area contributed by atoms with E-state index in [-0.39, 0.29) is 5.97 Å². The summed E-state index contributed by atoms with van der Waals surface area (Å²) in [5.41, 5.74) is 6.81. The van der Waals surface area contributed by atoms with Crippen LogP contribution in [-0.4, -0.2) is 13.1 Å². The maximum atomic E-state index is 11.3. The Morgan fingerprint density at radius 3 is 2.36 bits per heavy atom. The van der Waals surface area contributed by atoms with Gasteiger partial charge in [0, 0.05) is 5.70 Å². The van der Waals surface area contributed by atoms with Gasteiger partial charge in [-0.05, 0) is 19.8 Å². The van der Waals surface area contributed by atoms with Gasteiger partial charge in [-0.2, -0.15) is 0 Å². The summed E-state index contributed by atoms with van der Waals surface area (Å²) in [5.74, 6) is -0.290. The zero-order valence-electron chi connectivity index (χ0n) is 9.43. The van der Waals surface area contributed by atoms with Crippen molar-refractivity contribution >= 4 is 5.97 Å². The fourth-order valence-corrected chi connectivity index (χ4v) is 1.31. The van der Waals surface area contributed by atoms with Gasteiger partial charge in [0.1, 0.15) is 0 Å². The molecule has 0 aromatic rings. The number of ether oxygens (including phenoxy) is 1. The molecule has 0 heterocycles. The summed E-state index contributed by atoms with van der Waals surface area (Å²) < 4.78 is 4.65. The molecule has 0 spiro atoms. The Hall–Kier alpha value is -0.990. The summed E-state index contributed by atoms with van der Waals surface area (Å²) in [7, 11) is 1.39. The molecule has 0 saturated heterocycles. The van der Waals surface area contributed by atoms with Crippen molar-refractivity contribution in [3.63, 3.8) is 0 Å². The molecule has 0 aromatic carbocycles. The highest BCUT2D eigenvalue weighted by Gasteiger charge is 2.10. The Morgan fingerprint density at radius 2 is 1.93 bits per heavy atom. The first-order chi connectivity index (χ1) is 6.63. The third-order valence-corrected chi connectivity index (χ3v) is 2.19. The van der Waals surface area contributed by atoms with Crippen molar-refractivity contribution in [1.29, 1.82) is 0 Å². The molecule has 3 heteroatoms. The van der Waals surface area contributed by atoms with Gasteiger partial charge >= 0.3 is 5.97 Å². The Labute approximate surface area is 86.3 Å². The van der Waals surface area contributed by atoms with Gasteiger partial charge in [0.25, 0.3) is 0 Å². The van der Waals surface area contributed by atoms with Crippen molar-refractivity contribution < 1.29 is 9.53 Å². The molecular weight excluding hydrogens is 178 g/mol. The molecule has 0 aliphatic carbocycles. The minimum absolute atomic E-state index is 0.290. The Morgan fingerprint density at radius 1 is 1.29 bits per heavy atom. The zero-order chi connectivity index (χ0) is 11.0. The third kappa shape index (κ3) is 4.90. The molecule has 0 radical (unpaired) electrons. The number of allylic oxidation sites excluding steroid dienone is 1. The fraction of sp³-hybridized carbons (Fsp3) is 0.727. The molecule has 0 amide bonds. The maximum absolute atomic E-state index is 11.3. The van der Waals surface area contributed by atoms with E-state index < -0.39 is 0 Å². The van der Waals surface area contributed by atoms with Crippen LogP contribution in [0.4, 0.5) is 0 Å². The van der Waals surface area contributed by atoms with E-state index >= 15 is 0 Å². The van der Waals surface area contributed by atoms with Gasteiger partial charge in [-0.1, -0.05) is 26.2 Å². The lowest BCUT2D eigenvalue weighted by Crippen LogP contribution is -2.11. The molecule has 0 fully saturated rings. The quantitative estimate of drug-likeness (QED) is 0.406. The highest BCUT2D eigenvalue weighted by Crippen LogP contribution is 2.13. The lowest BCUT2D eigenvalue weighted by atomic mass is 10.1. The average Bonchev–Trinajstić information content (AvgIpc) is 2.16. The van der Waals surface area contributed by atoms with Crippen molar-refractivity contribution in [1.82, 2.24) is 0 Å². The van der Waals surface area contributed by atoms with Crippen LogP contribution in [0.3, 0.4) is 0 Å². The lowest BCUT2D eigenvalue weighted by molar-refractivity contribution is -0.136. The number of hydrogen-bond donors (Lipinski definition) is 1. The Balaban J connectivity index is 4.01. The normalized spacial score (nSPS) is 12.2. The van der Waals surface area contributed by atoms with E-state index in [4.69, 9.17) is 5.73 Å². The van der Waals surface area contributed by atoms with E-state index in [1.165, 1.54) is 20.0 Å². The second-order valence-electron chi connectivity index (χ2n) is 3.46. The molecule has 0 aromatic heterocycles. The van der Waals surface area contributed by atoms with Crippen LogP contribution in [0.25, 0.3) is 0 Å². The van der Waals surface area contributed by atoms with E-state index in [0.29, 0.717) is 11.3 Å². The molecule has 0 aliphatic rings. The van der Waals surface area contributed by atoms with Crippen LogP contribution in [0.15, 0.2) is 11.3 Å². The maximum Gasteiger partial charge on any atom is 0.335 e. The van der Waals surface area contributed by atoms with Gasteiger partial charge in [0.05, 0.1) is 12.7 Å². The predicted octanol–water partition coefficient (Wildman–Crippen LogP) is 2.36. The van der Waals surface area contributed by atoms with Crippen LogP contribution in [-0.2, 0) is 9.53 Å². The number of rotatable bonds is 6. The van der Waals surface area contributed by atoms with Crippen LogP contribution in [0.5, 0.6) is 0 Å². The summed E-state index contributed by atoms with van der Waals surface area (Å²) in [6.07, 6.45) is 5.28. The van der Waals surface area contributed by atoms with Gasteiger partial charge < -0.3 is 10.5 Å². The van der Waals surface area contributed by atoms with E-state index in [9.17, 15) is 4.79 Å². The largest absolute Gasteiger partial charge is 0.466 e. The molecule has 0 atom stereocenters. The van der Waals surface area contributed by atoms with Gasteiger partial charge in [-0.25, -0.2) is 4.79 Å². The second-order valence-corrected chi connectivity index (χ2v) is 3.46. The molecule has 0 rings (SSSR count). The topological polar surface area (TPSA) is 52.3 Å². The number of nitrogens with two attached hydrogens (primary N) is 1. The number of carbonyl (C=O) groups excluding carboxylic acids is 1. The first-order valence-corrected chi connectivity index (χ1v) is 5.17. The smallest absolute Gasteiger partial charge is 0.335 e. The monoisotopic (exact) mass is 199 g/mol. The molecule has 0 bridgehead atoms. The van der Waals surface area contributed by atoms with Crippen molar-refractivity contribution in [2.45, 2.75) is 46.0 Å². The summed E-state index contributed by atoms with van der Waals surface area (Å²) in [4.78, 5) is 11.3. The molecule has 0 unspecified atom stereocenters. The SMILES string of the molecule is CCCCCCC(C(=O)OC)=C(C)N. The van der Waals surface area contributed by atoms with Crippen LogP contribution in [0, 0.1) is 0 Å². The van der Waals surface area contributed by atoms with Crippen molar-refractivity contribution in [3.8, 4) is 0 Å². The Kier molecular flexibility index (Phi) is 6.89. The summed E-state index contributed by atoms with van der Waals surface area (Å²) in [5, 5.41) is 0. The molecule has 3 nitrogen and oxygen atoms in total. The van der Waals surface area contributed by atoms with Crippen LogP contribution in [0.2, 0.25) is 0 Å². The van der Waals surface area contributed by atoms with E-state index in [0.717, 1.165) is 19.3 Å².